The van der Waals surface area contributed by atoms with E-state index in [-0.39, 0.29) is 11.4 Å². The zero-order valence-electron chi connectivity index (χ0n) is 10.8. The number of rotatable bonds is 4. The van der Waals surface area contributed by atoms with Crippen molar-refractivity contribution in [3.05, 3.63) is 34.3 Å². The summed E-state index contributed by atoms with van der Waals surface area (Å²) in [7, 11) is 0. The van der Waals surface area contributed by atoms with Crippen LogP contribution in [0.1, 0.15) is 25.8 Å². The summed E-state index contributed by atoms with van der Waals surface area (Å²) in [6, 6.07) is 8.07. The smallest absolute Gasteiger partial charge is 0.221 e. The minimum absolute atomic E-state index is 0.134. The Morgan fingerprint density at radius 3 is 2.50 bits per heavy atom. The molecule has 0 aromatic heterocycles. The Balaban J connectivity index is 1.96. The maximum absolute atomic E-state index is 12.0. The highest BCUT2D eigenvalue weighted by molar-refractivity contribution is 9.10. The van der Waals surface area contributed by atoms with Gasteiger partial charge in [-0.2, -0.15) is 0 Å². The van der Waals surface area contributed by atoms with Gasteiger partial charge in [0.05, 0.1) is 5.54 Å². The zero-order chi connectivity index (χ0) is 13.2. The maximum atomic E-state index is 12.0. The van der Waals surface area contributed by atoms with Gasteiger partial charge in [-0.1, -0.05) is 28.1 Å². The molecule has 2 N–H and O–H groups in total. The van der Waals surface area contributed by atoms with E-state index in [1.807, 2.05) is 38.1 Å². The number of amides is 1. The van der Waals surface area contributed by atoms with E-state index in [2.05, 4.69) is 26.6 Å². The molecule has 1 fully saturated rings. The molecule has 98 valence electrons. The average molecular weight is 311 g/mol. The van der Waals surface area contributed by atoms with Crippen LogP contribution in [0.4, 0.5) is 0 Å². The zero-order valence-corrected chi connectivity index (χ0v) is 12.4. The summed E-state index contributed by atoms with van der Waals surface area (Å²) in [4.78, 5) is 12.0. The van der Waals surface area contributed by atoms with Gasteiger partial charge in [-0.15, -0.1) is 0 Å². The Morgan fingerprint density at radius 1 is 1.39 bits per heavy atom. The number of halogens is 1. The standard InChI is InChI=1S/C14H19BrN2O/c1-14(2,11-3-5-12(15)6-4-11)17-13(18)7-10-8-16-9-10/h3-6,10,16H,7-9H2,1-2H3,(H,17,18). The molecule has 0 radical (unpaired) electrons. The number of carbonyl (C=O) groups is 1. The highest BCUT2D eigenvalue weighted by atomic mass is 79.9. The third-order valence-corrected chi connectivity index (χ3v) is 3.89. The minimum atomic E-state index is -0.324. The van der Waals surface area contributed by atoms with Gasteiger partial charge in [-0.05, 0) is 50.6 Å². The van der Waals surface area contributed by atoms with Crippen molar-refractivity contribution in [1.29, 1.82) is 0 Å². The lowest BCUT2D eigenvalue weighted by molar-refractivity contribution is -0.124. The first-order valence-corrected chi connectivity index (χ1v) is 7.04. The van der Waals surface area contributed by atoms with Crippen LogP contribution in [0.15, 0.2) is 28.7 Å². The molecule has 3 nitrogen and oxygen atoms in total. The van der Waals surface area contributed by atoms with E-state index in [0.29, 0.717) is 12.3 Å². The first-order chi connectivity index (χ1) is 8.47. The molecule has 1 aromatic carbocycles. The predicted octanol–water partition coefficient (Wildman–Crippen LogP) is 2.41. The van der Waals surface area contributed by atoms with E-state index in [0.717, 1.165) is 23.1 Å². The lowest BCUT2D eigenvalue weighted by Crippen LogP contribution is -2.47. The van der Waals surface area contributed by atoms with Crippen molar-refractivity contribution in [3.8, 4) is 0 Å². The number of hydrogen-bond donors (Lipinski definition) is 2. The highest BCUT2D eigenvalue weighted by Gasteiger charge is 2.26. The molecule has 0 unspecified atom stereocenters. The van der Waals surface area contributed by atoms with Crippen molar-refractivity contribution in [3.63, 3.8) is 0 Å². The van der Waals surface area contributed by atoms with Gasteiger partial charge in [0, 0.05) is 10.9 Å². The van der Waals surface area contributed by atoms with E-state index >= 15 is 0 Å². The van der Waals surface area contributed by atoms with Crippen LogP contribution in [0, 0.1) is 5.92 Å². The molecule has 1 aromatic rings. The van der Waals surface area contributed by atoms with Crippen molar-refractivity contribution in [2.45, 2.75) is 25.8 Å². The van der Waals surface area contributed by atoms with Gasteiger partial charge >= 0.3 is 0 Å². The van der Waals surface area contributed by atoms with Crippen LogP contribution in [0.5, 0.6) is 0 Å². The summed E-state index contributed by atoms with van der Waals surface area (Å²) in [5.74, 6) is 0.639. The fraction of sp³-hybridized carbons (Fsp3) is 0.500. The van der Waals surface area contributed by atoms with Crippen LogP contribution in [0.2, 0.25) is 0 Å². The number of nitrogens with one attached hydrogen (secondary N) is 2. The van der Waals surface area contributed by atoms with Crippen molar-refractivity contribution in [2.75, 3.05) is 13.1 Å². The summed E-state index contributed by atoms with van der Waals surface area (Å²) >= 11 is 3.42. The van der Waals surface area contributed by atoms with E-state index in [1.165, 1.54) is 0 Å². The Bertz CT molecular complexity index is 424. The lowest BCUT2D eigenvalue weighted by Gasteiger charge is -2.30. The number of hydrogen-bond acceptors (Lipinski definition) is 2. The third-order valence-electron chi connectivity index (χ3n) is 3.36. The summed E-state index contributed by atoms with van der Waals surface area (Å²) < 4.78 is 1.05. The largest absolute Gasteiger partial charge is 0.347 e. The van der Waals surface area contributed by atoms with Gasteiger partial charge in [0.1, 0.15) is 0 Å². The Labute approximate surface area is 116 Å². The fourth-order valence-corrected chi connectivity index (χ4v) is 2.36. The van der Waals surface area contributed by atoms with Crippen LogP contribution in [-0.4, -0.2) is 19.0 Å². The number of benzene rings is 1. The van der Waals surface area contributed by atoms with Crippen molar-refractivity contribution < 1.29 is 4.79 Å². The van der Waals surface area contributed by atoms with Crippen molar-refractivity contribution in [2.24, 2.45) is 5.92 Å². The van der Waals surface area contributed by atoms with Crippen LogP contribution >= 0.6 is 15.9 Å². The van der Waals surface area contributed by atoms with Crippen LogP contribution in [0.3, 0.4) is 0 Å². The van der Waals surface area contributed by atoms with Crippen molar-refractivity contribution >= 4 is 21.8 Å². The minimum Gasteiger partial charge on any atom is -0.347 e. The molecule has 1 amide bonds. The molecule has 0 aliphatic carbocycles. The van der Waals surface area contributed by atoms with Gasteiger partial charge in [0.25, 0.3) is 0 Å². The normalized spacial score (nSPS) is 16.2. The first kappa shape index (κ1) is 13.6. The molecule has 1 heterocycles. The van der Waals surface area contributed by atoms with E-state index < -0.39 is 0 Å². The fourth-order valence-electron chi connectivity index (χ4n) is 2.09. The molecular formula is C14H19BrN2O. The molecule has 0 saturated carbocycles. The second-order valence-corrected chi connectivity index (χ2v) is 6.32. The summed E-state index contributed by atoms with van der Waals surface area (Å²) in [5.41, 5.74) is 0.792. The molecule has 0 atom stereocenters. The Morgan fingerprint density at radius 2 is 2.00 bits per heavy atom. The van der Waals surface area contributed by atoms with Crippen molar-refractivity contribution in [1.82, 2.24) is 10.6 Å². The molecule has 1 saturated heterocycles. The molecule has 1 aliphatic rings. The van der Waals surface area contributed by atoms with E-state index in [1.54, 1.807) is 0 Å². The topological polar surface area (TPSA) is 41.1 Å². The first-order valence-electron chi connectivity index (χ1n) is 6.25. The maximum Gasteiger partial charge on any atom is 0.221 e. The molecule has 0 spiro atoms. The monoisotopic (exact) mass is 310 g/mol. The molecule has 0 bridgehead atoms. The lowest BCUT2D eigenvalue weighted by atomic mass is 9.93. The van der Waals surface area contributed by atoms with Gasteiger partial charge in [-0.3, -0.25) is 4.79 Å². The van der Waals surface area contributed by atoms with Gasteiger partial charge < -0.3 is 10.6 Å². The predicted molar refractivity (Wildman–Crippen MR) is 76.3 cm³/mol. The van der Waals surface area contributed by atoms with E-state index in [4.69, 9.17) is 0 Å². The third kappa shape index (κ3) is 3.33. The molecule has 18 heavy (non-hydrogen) atoms. The average Bonchev–Trinajstić information content (AvgIpc) is 2.23. The summed E-state index contributed by atoms with van der Waals surface area (Å²) in [5, 5.41) is 6.29. The van der Waals surface area contributed by atoms with Crippen LogP contribution in [0.25, 0.3) is 0 Å². The second-order valence-electron chi connectivity index (χ2n) is 5.41. The van der Waals surface area contributed by atoms with Crippen LogP contribution < -0.4 is 10.6 Å². The van der Waals surface area contributed by atoms with Gasteiger partial charge in [-0.25, -0.2) is 0 Å². The quantitative estimate of drug-likeness (QED) is 0.896. The summed E-state index contributed by atoms with van der Waals surface area (Å²) in [6.07, 6.45) is 0.618. The SMILES string of the molecule is CC(C)(NC(=O)CC1CNC1)c1ccc(Br)cc1. The summed E-state index contributed by atoms with van der Waals surface area (Å²) in [6.45, 7) is 6.00. The molecule has 2 rings (SSSR count). The molecular weight excluding hydrogens is 292 g/mol. The van der Waals surface area contributed by atoms with Crippen LogP contribution in [-0.2, 0) is 10.3 Å². The highest BCUT2D eigenvalue weighted by Crippen LogP contribution is 2.22. The molecule has 4 heteroatoms. The van der Waals surface area contributed by atoms with E-state index in [9.17, 15) is 4.79 Å². The number of carbonyl (C=O) groups excluding carboxylic acids is 1. The second kappa shape index (κ2) is 5.41. The molecule has 1 aliphatic heterocycles. The van der Waals surface area contributed by atoms with Gasteiger partial charge in [0.15, 0.2) is 0 Å². The Kier molecular flexibility index (Phi) is 4.07. The Hall–Kier alpha value is -0.870. The van der Waals surface area contributed by atoms with Gasteiger partial charge in [0.2, 0.25) is 5.91 Å².